The van der Waals surface area contributed by atoms with Gasteiger partial charge >= 0.3 is 0 Å². The lowest BCUT2D eigenvalue weighted by Crippen LogP contribution is -2.40. The van der Waals surface area contributed by atoms with E-state index in [4.69, 9.17) is 18.9 Å². The SMILES string of the molecule is COc1ccc2cc3[n+](cc2c1NCCCCCOc1ccccc1)CCc1cc2c(cc1-3)OCO2. The fourth-order valence-corrected chi connectivity index (χ4v) is 5.10. The van der Waals surface area contributed by atoms with Crippen LogP contribution in [0.1, 0.15) is 24.8 Å². The van der Waals surface area contributed by atoms with Crippen LogP contribution in [0, 0.1) is 0 Å². The second kappa shape index (κ2) is 9.97. The van der Waals surface area contributed by atoms with Crippen LogP contribution in [0.4, 0.5) is 5.69 Å². The summed E-state index contributed by atoms with van der Waals surface area (Å²) in [6, 6.07) is 20.7. The molecule has 0 saturated carbocycles. The number of hydrogen-bond acceptors (Lipinski definition) is 5. The van der Waals surface area contributed by atoms with Crippen molar-refractivity contribution in [2.45, 2.75) is 32.2 Å². The molecular formula is C30H31N2O4+. The standard InChI is InChI=1S/C30H30N2O4/c1-33-27-11-10-21-16-26-24-18-29-28(35-20-36-29)17-22(24)12-14-32(26)19-25(21)30(27)31-13-6-3-7-15-34-23-8-4-2-5-9-23/h2,4-5,8-11,16-19H,3,6-7,12-15,20H2,1H3/p+1. The Kier molecular flexibility index (Phi) is 6.24. The van der Waals surface area contributed by atoms with Crippen molar-refractivity contribution >= 4 is 16.5 Å². The number of benzene rings is 3. The minimum atomic E-state index is 0.296. The predicted octanol–water partition coefficient (Wildman–Crippen LogP) is 5.75. The van der Waals surface area contributed by atoms with Crippen LogP contribution < -0.4 is 28.8 Å². The molecule has 6 rings (SSSR count). The summed E-state index contributed by atoms with van der Waals surface area (Å²) in [5, 5.41) is 6.02. The Labute approximate surface area is 211 Å². The fourth-order valence-electron chi connectivity index (χ4n) is 5.10. The summed E-state index contributed by atoms with van der Waals surface area (Å²) in [5.41, 5.74) is 4.79. The van der Waals surface area contributed by atoms with Gasteiger partial charge in [0.25, 0.3) is 0 Å². The molecular weight excluding hydrogens is 452 g/mol. The van der Waals surface area contributed by atoms with Gasteiger partial charge in [0.2, 0.25) is 12.5 Å². The molecule has 0 atom stereocenters. The van der Waals surface area contributed by atoms with Crippen molar-refractivity contribution in [1.29, 1.82) is 0 Å². The normalized spacial score (nSPS) is 13.2. The van der Waals surface area contributed by atoms with E-state index in [0.717, 1.165) is 74.1 Å². The summed E-state index contributed by atoms with van der Waals surface area (Å²) in [4.78, 5) is 0. The van der Waals surface area contributed by atoms with Gasteiger partial charge in [-0.15, -0.1) is 0 Å². The van der Waals surface area contributed by atoms with Crippen LogP contribution in [0.2, 0.25) is 0 Å². The third kappa shape index (κ3) is 4.39. The zero-order valence-electron chi connectivity index (χ0n) is 20.6. The minimum Gasteiger partial charge on any atom is -0.495 e. The molecule has 1 N–H and O–H groups in total. The van der Waals surface area contributed by atoms with E-state index in [1.54, 1.807) is 7.11 Å². The van der Waals surface area contributed by atoms with Crippen LogP contribution in [-0.2, 0) is 13.0 Å². The molecule has 6 heteroatoms. The summed E-state index contributed by atoms with van der Waals surface area (Å²) in [7, 11) is 1.73. The van der Waals surface area contributed by atoms with Crippen molar-refractivity contribution in [1.82, 2.24) is 0 Å². The molecule has 0 fully saturated rings. The number of hydrogen-bond donors (Lipinski definition) is 1. The molecule has 2 aliphatic heterocycles. The molecule has 3 heterocycles. The number of nitrogens with zero attached hydrogens (tertiary/aromatic N) is 1. The number of methoxy groups -OCH3 is 1. The molecule has 3 aromatic carbocycles. The summed E-state index contributed by atoms with van der Waals surface area (Å²) in [5.74, 6) is 3.49. The Morgan fingerprint density at radius 3 is 2.67 bits per heavy atom. The third-order valence-corrected chi connectivity index (χ3v) is 6.98. The van der Waals surface area contributed by atoms with Gasteiger partial charge in [-0.1, -0.05) is 24.3 Å². The number of fused-ring (bicyclic) bond motifs is 5. The number of para-hydroxylation sites is 1. The van der Waals surface area contributed by atoms with Crippen molar-refractivity contribution in [3.05, 3.63) is 72.4 Å². The molecule has 0 radical (unpaired) electrons. The highest BCUT2D eigenvalue weighted by Crippen LogP contribution is 2.41. The molecule has 184 valence electrons. The monoisotopic (exact) mass is 483 g/mol. The zero-order valence-corrected chi connectivity index (χ0v) is 20.6. The maximum absolute atomic E-state index is 5.81. The molecule has 6 nitrogen and oxygen atoms in total. The Balaban J connectivity index is 1.17. The van der Waals surface area contributed by atoms with Gasteiger partial charge in [0.15, 0.2) is 24.2 Å². The van der Waals surface area contributed by atoms with Crippen LogP contribution in [0.15, 0.2) is 66.9 Å². The molecule has 0 spiro atoms. The first-order valence-electron chi connectivity index (χ1n) is 12.7. The fraction of sp³-hybridized carbons (Fsp3) is 0.300. The van der Waals surface area contributed by atoms with Crippen LogP contribution in [0.5, 0.6) is 23.0 Å². The summed E-state index contributed by atoms with van der Waals surface area (Å²) in [6.45, 7) is 2.85. The molecule has 36 heavy (non-hydrogen) atoms. The van der Waals surface area contributed by atoms with E-state index in [1.807, 2.05) is 30.3 Å². The molecule has 0 amide bonds. The van der Waals surface area contributed by atoms with E-state index < -0.39 is 0 Å². The highest BCUT2D eigenvalue weighted by molar-refractivity contribution is 5.97. The second-order valence-corrected chi connectivity index (χ2v) is 9.26. The number of aryl methyl sites for hydroxylation is 2. The lowest BCUT2D eigenvalue weighted by atomic mass is 9.95. The van der Waals surface area contributed by atoms with Gasteiger partial charge < -0.3 is 24.3 Å². The number of aromatic nitrogens is 1. The van der Waals surface area contributed by atoms with Gasteiger partial charge in [0.1, 0.15) is 11.5 Å². The second-order valence-electron chi connectivity index (χ2n) is 9.26. The first-order valence-corrected chi connectivity index (χ1v) is 12.7. The van der Waals surface area contributed by atoms with Crippen molar-refractivity contribution < 1.29 is 23.5 Å². The van der Waals surface area contributed by atoms with Crippen LogP contribution in [-0.4, -0.2) is 27.1 Å². The van der Waals surface area contributed by atoms with Gasteiger partial charge in [-0.25, -0.2) is 0 Å². The van der Waals surface area contributed by atoms with Crippen molar-refractivity contribution in [3.8, 4) is 34.3 Å². The Hall–Kier alpha value is -3.93. The topological polar surface area (TPSA) is 52.8 Å². The van der Waals surface area contributed by atoms with E-state index in [1.165, 1.54) is 27.6 Å². The molecule has 0 bridgehead atoms. The Morgan fingerprint density at radius 1 is 0.944 bits per heavy atom. The van der Waals surface area contributed by atoms with E-state index >= 15 is 0 Å². The van der Waals surface area contributed by atoms with Crippen molar-refractivity contribution in [3.63, 3.8) is 0 Å². The predicted molar refractivity (Wildman–Crippen MR) is 140 cm³/mol. The summed E-state index contributed by atoms with van der Waals surface area (Å²) in [6.07, 6.45) is 6.43. The third-order valence-electron chi connectivity index (χ3n) is 6.98. The van der Waals surface area contributed by atoms with Gasteiger partial charge in [0, 0.05) is 19.0 Å². The highest BCUT2D eigenvalue weighted by Gasteiger charge is 2.28. The van der Waals surface area contributed by atoms with Gasteiger partial charge in [-0.3, -0.25) is 0 Å². The number of anilines is 1. The van der Waals surface area contributed by atoms with Gasteiger partial charge in [-0.2, -0.15) is 4.57 Å². The smallest absolute Gasteiger partial charge is 0.231 e. The largest absolute Gasteiger partial charge is 0.495 e. The van der Waals surface area contributed by atoms with Crippen LogP contribution in [0.25, 0.3) is 22.0 Å². The maximum atomic E-state index is 5.81. The molecule has 1 aromatic heterocycles. The molecule has 0 unspecified atom stereocenters. The lowest BCUT2D eigenvalue weighted by Gasteiger charge is -2.18. The average molecular weight is 484 g/mol. The number of pyridine rings is 1. The van der Waals surface area contributed by atoms with E-state index in [0.29, 0.717) is 6.79 Å². The highest BCUT2D eigenvalue weighted by atomic mass is 16.7. The first-order chi connectivity index (χ1) is 17.8. The quantitative estimate of drug-likeness (QED) is 0.243. The number of rotatable bonds is 9. The number of unbranched alkanes of at least 4 members (excludes halogenated alkanes) is 2. The minimum absolute atomic E-state index is 0.296. The van der Waals surface area contributed by atoms with Gasteiger partial charge in [0.05, 0.1) is 30.4 Å². The first kappa shape index (κ1) is 22.5. The average Bonchev–Trinajstić information content (AvgIpc) is 3.38. The van der Waals surface area contributed by atoms with E-state index in [9.17, 15) is 0 Å². The number of ether oxygens (including phenoxy) is 4. The lowest BCUT2D eigenvalue weighted by molar-refractivity contribution is -0.686. The molecule has 0 saturated heterocycles. The molecule has 2 aliphatic rings. The zero-order chi connectivity index (χ0) is 24.3. The molecule has 0 aliphatic carbocycles. The molecule has 4 aromatic rings. The maximum Gasteiger partial charge on any atom is 0.231 e. The Bertz CT molecular complexity index is 1390. The van der Waals surface area contributed by atoms with E-state index in [2.05, 4.69) is 46.4 Å². The van der Waals surface area contributed by atoms with Crippen molar-refractivity contribution in [2.24, 2.45) is 0 Å². The summed E-state index contributed by atoms with van der Waals surface area (Å²) >= 11 is 0. The van der Waals surface area contributed by atoms with Crippen LogP contribution >= 0.6 is 0 Å². The summed E-state index contributed by atoms with van der Waals surface area (Å²) < 4.78 is 25.1. The van der Waals surface area contributed by atoms with Gasteiger partial charge in [-0.05, 0) is 60.5 Å². The Morgan fingerprint density at radius 2 is 1.81 bits per heavy atom. The van der Waals surface area contributed by atoms with E-state index in [-0.39, 0.29) is 0 Å². The van der Waals surface area contributed by atoms with Crippen LogP contribution in [0.3, 0.4) is 0 Å². The van der Waals surface area contributed by atoms with Crippen molar-refractivity contribution in [2.75, 3.05) is 32.4 Å². The number of nitrogens with one attached hydrogen (secondary N) is 1.